The van der Waals surface area contributed by atoms with Crippen molar-refractivity contribution in [2.75, 3.05) is 0 Å². The van der Waals surface area contributed by atoms with Crippen LogP contribution in [0.15, 0.2) is 288 Å². The molecule has 6 heterocycles. The third-order valence-corrected chi connectivity index (χ3v) is 17.8. The van der Waals surface area contributed by atoms with Gasteiger partial charge in [0.25, 0.3) is 0 Å². The summed E-state index contributed by atoms with van der Waals surface area (Å²) in [5.74, 6) is 0.0356. The number of rotatable bonds is 11. The summed E-state index contributed by atoms with van der Waals surface area (Å²) in [6.45, 7) is 3.96. The topological polar surface area (TPSA) is 87.2 Å². The molecule has 2 unspecified atom stereocenters. The van der Waals surface area contributed by atoms with Crippen LogP contribution in [-0.2, 0) is 0 Å². The highest BCUT2D eigenvalue weighted by Crippen LogP contribution is 2.45. The Hall–Kier alpha value is -10.9. The number of dihydropyridines is 1. The minimum Gasteiger partial charge on any atom is -0.456 e. The SMILES string of the molecule is C=C/C=C(\N)C1CC=CC=C1c1ccc2c(c1)c1cc(-c3ccccc3-c3ccccn3)ccc1n2-c1ccc2oc3ccc(-n4c5ccc(C6=CCCC=C6C6CC=CC=N6)cc5c5cc(-c6ccccc6-c6ccccn6)ccc54)cc3c2c1. The lowest BCUT2D eigenvalue weighted by Gasteiger charge is -2.23. The summed E-state index contributed by atoms with van der Waals surface area (Å²) in [5.41, 5.74) is 30.5. The first-order chi connectivity index (χ1) is 42.5. The molecule has 5 aromatic heterocycles. The molecule has 2 N–H and O–H groups in total. The molecule has 13 aromatic rings. The lowest BCUT2D eigenvalue weighted by Crippen LogP contribution is -2.14. The third kappa shape index (κ3) is 8.61. The van der Waals surface area contributed by atoms with Gasteiger partial charge in [-0.2, -0.15) is 0 Å². The zero-order valence-electron chi connectivity index (χ0n) is 47.3. The van der Waals surface area contributed by atoms with Crippen LogP contribution in [0.5, 0.6) is 0 Å². The zero-order chi connectivity index (χ0) is 57.2. The van der Waals surface area contributed by atoms with Crippen LogP contribution in [0.2, 0.25) is 0 Å². The number of hydrogen-bond donors (Lipinski definition) is 1. The van der Waals surface area contributed by atoms with Crippen molar-refractivity contribution in [2.45, 2.75) is 31.7 Å². The van der Waals surface area contributed by atoms with E-state index < -0.39 is 0 Å². The maximum Gasteiger partial charge on any atom is 0.135 e. The predicted octanol–water partition coefficient (Wildman–Crippen LogP) is 19.7. The number of nitrogens with zero attached hydrogens (tertiary/aromatic N) is 5. The molecule has 1 aliphatic heterocycles. The molecule has 0 amide bonds. The molecule has 0 spiro atoms. The zero-order valence-corrected chi connectivity index (χ0v) is 47.3. The van der Waals surface area contributed by atoms with E-state index in [1.807, 2.05) is 42.9 Å². The molecule has 0 radical (unpaired) electrons. The normalized spacial score (nSPS) is 16.2. The van der Waals surface area contributed by atoms with E-state index >= 15 is 0 Å². The fraction of sp³-hybridized carbons (Fsp3) is 0.0759. The molecular formula is C79H58N6O. The van der Waals surface area contributed by atoms with Gasteiger partial charge in [0, 0.05) is 85.0 Å². The van der Waals surface area contributed by atoms with E-state index in [-0.39, 0.29) is 12.0 Å². The van der Waals surface area contributed by atoms with E-state index in [1.54, 1.807) is 6.08 Å². The molecule has 3 aliphatic rings. The summed E-state index contributed by atoms with van der Waals surface area (Å²) in [6, 6.07) is 70.6. The Balaban J connectivity index is 0.867. The summed E-state index contributed by atoms with van der Waals surface area (Å²) in [4.78, 5) is 14.5. The van der Waals surface area contributed by atoms with Crippen molar-refractivity contribution in [2.24, 2.45) is 16.6 Å². The first kappa shape index (κ1) is 50.8. The number of allylic oxidation sites excluding steroid dienone is 9. The van der Waals surface area contributed by atoms with Gasteiger partial charge in [0.2, 0.25) is 0 Å². The van der Waals surface area contributed by atoms with E-state index in [0.717, 1.165) is 148 Å². The Morgan fingerprint density at radius 1 is 0.488 bits per heavy atom. The highest BCUT2D eigenvalue weighted by molar-refractivity contribution is 6.15. The molecule has 410 valence electrons. The standard InChI is InChI=1S/C79H58N6O/c1-2-17-70(80)60-22-7-3-18-56(60)50-29-35-74-64(44-50)65-45-51(57-19-4-8-23-61(57)71-26-11-14-41-81-71)30-36-75(65)84(74)54-33-39-78-68(48-54)69-49-55(34-40-79(69)86-78)85-76-37-31-52(58-20-5-9-24-62(58)72-27-12-15-42-82-72)46-66(76)67-47-53(32-38-77(67)85)59-21-6-10-25-63(59)73-28-13-16-43-83-73/h2-5,7-9,11-21,23-27,29-49,60,73H,1,6,10,22,28,80H2/b70-17-. The second-order valence-corrected chi connectivity index (χ2v) is 22.7. The maximum absolute atomic E-state index is 6.77. The Morgan fingerprint density at radius 3 is 1.55 bits per heavy atom. The summed E-state index contributed by atoms with van der Waals surface area (Å²) < 4.78 is 11.6. The first-order valence-corrected chi connectivity index (χ1v) is 29.7. The average molecular weight is 1110 g/mol. The maximum atomic E-state index is 6.77. The summed E-state index contributed by atoms with van der Waals surface area (Å²) >= 11 is 0. The molecular weight excluding hydrogens is 1050 g/mol. The second-order valence-electron chi connectivity index (χ2n) is 22.7. The van der Waals surface area contributed by atoms with Gasteiger partial charge in [0.05, 0.1) is 39.5 Å². The van der Waals surface area contributed by atoms with Crippen molar-refractivity contribution >= 4 is 82.9 Å². The van der Waals surface area contributed by atoms with Crippen LogP contribution in [0.1, 0.15) is 36.8 Å². The average Bonchev–Trinajstić information content (AvgIpc) is 2.60. The van der Waals surface area contributed by atoms with Gasteiger partial charge in [0.15, 0.2) is 0 Å². The van der Waals surface area contributed by atoms with Gasteiger partial charge in [-0.3, -0.25) is 15.0 Å². The predicted molar refractivity (Wildman–Crippen MR) is 359 cm³/mol. The van der Waals surface area contributed by atoms with Gasteiger partial charge in [0.1, 0.15) is 11.2 Å². The molecule has 16 rings (SSSR count). The van der Waals surface area contributed by atoms with E-state index in [9.17, 15) is 0 Å². The summed E-state index contributed by atoms with van der Waals surface area (Å²) in [7, 11) is 0. The molecule has 2 atom stereocenters. The van der Waals surface area contributed by atoms with Crippen LogP contribution in [-0.4, -0.2) is 31.4 Å². The molecule has 8 aromatic carbocycles. The minimum absolute atomic E-state index is 0.0356. The van der Waals surface area contributed by atoms with Crippen molar-refractivity contribution in [3.63, 3.8) is 0 Å². The molecule has 0 saturated heterocycles. The smallest absolute Gasteiger partial charge is 0.135 e. The van der Waals surface area contributed by atoms with Crippen molar-refractivity contribution in [1.82, 2.24) is 19.1 Å². The van der Waals surface area contributed by atoms with E-state index in [4.69, 9.17) is 25.1 Å². The largest absolute Gasteiger partial charge is 0.456 e. The highest BCUT2D eigenvalue weighted by atomic mass is 16.3. The molecule has 0 saturated carbocycles. The number of fused-ring (bicyclic) bond motifs is 9. The van der Waals surface area contributed by atoms with Crippen LogP contribution >= 0.6 is 0 Å². The van der Waals surface area contributed by atoms with Gasteiger partial charge >= 0.3 is 0 Å². The Bertz CT molecular complexity index is 5150. The van der Waals surface area contributed by atoms with Gasteiger partial charge in [-0.05, 0) is 197 Å². The molecule has 86 heavy (non-hydrogen) atoms. The molecule has 7 heteroatoms. The Labute approximate surface area is 498 Å². The Morgan fingerprint density at radius 2 is 1.00 bits per heavy atom. The molecule has 7 nitrogen and oxygen atoms in total. The number of pyridine rings is 2. The number of aliphatic imine (C=N–C) groups is 1. The van der Waals surface area contributed by atoms with Crippen LogP contribution in [0.25, 0.3) is 133 Å². The van der Waals surface area contributed by atoms with Crippen LogP contribution in [0.4, 0.5) is 0 Å². The van der Waals surface area contributed by atoms with Crippen LogP contribution in [0, 0.1) is 5.92 Å². The number of hydrogen-bond acceptors (Lipinski definition) is 5. The fourth-order valence-electron chi connectivity index (χ4n) is 13.8. The Kier molecular flexibility index (Phi) is 12.4. The van der Waals surface area contributed by atoms with Crippen LogP contribution < -0.4 is 5.73 Å². The second kappa shape index (κ2) is 21.1. The number of aromatic nitrogens is 4. The molecule has 2 aliphatic carbocycles. The monoisotopic (exact) mass is 1110 g/mol. The minimum atomic E-state index is 0.0356. The van der Waals surface area contributed by atoms with Crippen molar-refractivity contribution in [3.8, 4) is 56.1 Å². The lowest BCUT2D eigenvalue weighted by molar-refractivity contribution is 0.669. The number of furan rings is 1. The van der Waals surface area contributed by atoms with Crippen molar-refractivity contribution < 1.29 is 4.42 Å². The summed E-state index contributed by atoms with van der Waals surface area (Å²) in [5, 5.41) is 6.75. The van der Waals surface area contributed by atoms with Crippen molar-refractivity contribution in [1.29, 1.82) is 0 Å². The first-order valence-electron chi connectivity index (χ1n) is 29.7. The molecule has 0 fully saturated rings. The quantitative estimate of drug-likeness (QED) is 0.131. The van der Waals surface area contributed by atoms with Gasteiger partial charge in [-0.1, -0.05) is 134 Å². The highest BCUT2D eigenvalue weighted by Gasteiger charge is 2.25. The van der Waals surface area contributed by atoms with E-state index in [2.05, 4.69) is 234 Å². The van der Waals surface area contributed by atoms with Crippen LogP contribution in [0.3, 0.4) is 0 Å². The molecule has 0 bridgehead atoms. The number of nitrogens with two attached hydrogens (primary N) is 1. The fourth-order valence-corrected chi connectivity index (χ4v) is 13.8. The van der Waals surface area contributed by atoms with Gasteiger partial charge < -0.3 is 19.3 Å². The summed E-state index contributed by atoms with van der Waals surface area (Å²) in [6.07, 6.45) is 28.8. The van der Waals surface area contributed by atoms with Gasteiger partial charge in [-0.25, -0.2) is 0 Å². The van der Waals surface area contributed by atoms with E-state index in [0.29, 0.717) is 0 Å². The van der Waals surface area contributed by atoms with E-state index in [1.165, 1.54) is 33.1 Å². The van der Waals surface area contributed by atoms with Crippen molar-refractivity contribution in [3.05, 3.63) is 290 Å². The van der Waals surface area contributed by atoms with Gasteiger partial charge in [-0.15, -0.1) is 0 Å². The number of benzene rings is 8. The lowest BCUT2D eigenvalue weighted by atomic mass is 9.84. The third-order valence-electron chi connectivity index (χ3n) is 17.8.